The van der Waals surface area contributed by atoms with E-state index < -0.39 is 5.60 Å². The molecule has 0 saturated heterocycles. The normalized spacial score (nSPS) is 16.5. The maximum absolute atomic E-state index is 12.9. The molecule has 34 heavy (non-hydrogen) atoms. The molecule has 0 bridgehead atoms. The predicted octanol–water partition coefficient (Wildman–Crippen LogP) is 5.33. The zero-order valence-corrected chi connectivity index (χ0v) is 21.1. The van der Waals surface area contributed by atoms with Crippen LogP contribution in [0, 0.1) is 25.2 Å². The number of rotatable bonds is 8. The third kappa shape index (κ3) is 6.42. The molecule has 1 aliphatic carbocycles. The van der Waals surface area contributed by atoms with Gasteiger partial charge in [-0.1, -0.05) is 43.5 Å². The lowest BCUT2D eigenvalue weighted by Gasteiger charge is -2.40. The van der Waals surface area contributed by atoms with E-state index in [0.29, 0.717) is 17.8 Å². The molecule has 1 amide bonds. The van der Waals surface area contributed by atoms with Crippen LogP contribution in [0.25, 0.3) is 5.70 Å². The van der Waals surface area contributed by atoms with Crippen LogP contribution in [-0.2, 0) is 4.74 Å². The topological polar surface area (TPSA) is 114 Å². The summed E-state index contributed by atoms with van der Waals surface area (Å²) in [5.74, 6) is 0.0605. The quantitative estimate of drug-likeness (QED) is 0.232. The summed E-state index contributed by atoms with van der Waals surface area (Å²) >= 11 is 1.11. The van der Waals surface area contributed by atoms with Crippen LogP contribution in [0.4, 0.5) is 0 Å². The van der Waals surface area contributed by atoms with E-state index >= 15 is 0 Å². The minimum atomic E-state index is -0.717. The van der Waals surface area contributed by atoms with Crippen LogP contribution >= 0.6 is 11.9 Å². The van der Waals surface area contributed by atoms with Crippen molar-refractivity contribution in [2.45, 2.75) is 63.4 Å². The molecule has 1 aliphatic rings. The number of carbonyl (C=O) groups excluding carboxylic acids is 1. The van der Waals surface area contributed by atoms with Crippen molar-refractivity contribution in [2.75, 3.05) is 6.54 Å². The second-order valence-electron chi connectivity index (χ2n) is 9.31. The summed E-state index contributed by atoms with van der Waals surface area (Å²) in [6, 6.07) is 13.2. The van der Waals surface area contributed by atoms with Crippen molar-refractivity contribution in [3.8, 4) is 0 Å². The SMILES string of the molecule is Cc1cccc(C)c1/C(N)=C/C(=N)OC(C)(CNC(=O)c1cccc(SN)c1)C1CCCCC1. The van der Waals surface area contributed by atoms with Gasteiger partial charge in [-0.3, -0.25) is 15.3 Å². The second-order valence-corrected chi connectivity index (χ2v) is 10.0. The van der Waals surface area contributed by atoms with Crippen LogP contribution in [-0.4, -0.2) is 24.0 Å². The molecule has 2 aromatic carbocycles. The third-order valence-electron chi connectivity index (χ3n) is 6.70. The number of ether oxygens (including phenoxy) is 1. The second kappa shape index (κ2) is 11.6. The Morgan fingerprint density at radius 3 is 2.47 bits per heavy atom. The summed E-state index contributed by atoms with van der Waals surface area (Å²) in [5, 5.41) is 17.3. The highest BCUT2D eigenvalue weighted by atomic mass is 32.2. The molecule has 6 N–H and O–H groups in total. The van der Waals surface area contributed by atoms with Gasteiger partial charge < -0.3 is 15.8 Å². The van der Waals surface area contributed by atoms with Gasteiger partial charge in [0.1, 0.15) is 5.60 Å². The monoisotopic (exact) mass is 480 g/mol. The lowest BCUT2D eigenvalue weighted by Crippen LogP contribution is -2.49. The van der Waals surface area contributed by atoms with Gasteiger partial charge in [-0.25, -0.2) is 0 Å². The van der Waals surface area contributed by atoms with E-state index in [2.05, 4.69) is 5.32 Å². The van der Waals surface area contributed by atoms with E-state index in [0.717, 1.165) is 59.2 Å². The number of nitrogens with one attached hydrogen (secondary N) is 2. The van der Waals surface area contributed by atoms with Crippen LogP contribution in [0.2, 0.25) is 0 Å². The highest BCUT2D eigenvalue weighted by Crippen LogP contribution is 2.35. The van der Waals surface area contributed by atoms with Gasteiger partial charge in [-0.2, -0.15) is 0 Å². The summed E-state index contributed by atoms with van der Waals surface area (Å²) in [4.78, 5) is 13.7. The van der Waals surface area contributed by atoms with Gasteiger partial charge in [-0.05, 0) is 74.9 Å². The molecule has 3 rings (SSSR count). The average Bonchev–Trinajstić information content (AvgIpc) is 2.83. The first-order chi connectivity index (χ1) is 16.2. The Balaban J connectivity index is 1.78. The van der Waals surface area contributed by atoms with Crippen molar-refractivity contribution in [2.24, 2.45) is 16.8 Å². The molecule has 7 heteroatoms. The van der Waals surface area contributed by atoms with Gasteiger partial charge in [0.05, 0.1) is 6.54 Å². The van der Waals surface area contributed by atoms with Crippen LogP contribution < -0.4 is 16.2 Å². The molecule has 0 heterocycles. The smallest absolute Gasteiger partial charge is 0.251 e. The highest BCUT2D eigenvalue weighted by Gasteiger charge is 2.38. The molecule has 1 unspecified atom stereocenters. The highest BCUT2D eigenvalue weighted by molar-refractivity contribution is 7.97. The minimum Gasteiger partial charge on any atom is -0.470 e. The molecule has 0 spiro atoms. The molecule has 182 valence electrons. The largest absolute Gasteiger partial charge is 0.470 e. The van der Waals surface area contributed by atoms with Gasteiger partial charge >= 0.3 is 0 Å². The van der Waals surface area contributed by atoms with Gasteiger partial charge in [0, 0.05) is 33.7 Å². The van der Waals surface area contributed by atoms with Gasteiger partial charge in [-0.15, -0.1) is 0 Å². The first-order valence-corrected chi connectivity index (χ1v) is 12.7. The zero-order valence-electron chi connectivity index (χ0n) is 20.3. The fraction of sp³-hybridized carbons (Fsp3) is 0.407. The predicted molar refractivity (Wildman–Crippen MR) is 141 cm³/mol. The number of nitrogens with two attached hydrogens (primary N) is 2. The number of hydrogen-bond donors (Lipinski definition) is 4. The van der Waals surface area contributed by atoms with E-state index in [1.165, 1.54) is 6.42 Å². The molecule has 1 saturated carbocycles. The first-order valence-electron chi connectivity index (χ1n) is 11.8. The van der Waals surface area contributed by atoms with Crippen molar-refractivity contribution in [1.82, 2.24) is 5.32 Å². The van der Waals surface area contributed by atoms with E-state index in [9.17, 15) is 4.79 Å². The summed E-state index contributed by atoms with van der Waals surface area (Å²) in [7, 11) is 0. The molecule has 6 nitrogen and oxygen atoms in total. The zero-order chi connectivity index (χ0) is 24.7. The Morgan fingerprint density at radius 1 is 1.18 bits per heavy atom. The fourth-order valence-corrected chi connectivity index (χ4v) is 5.16. The molecule has 1 atom stereocenters. The molecular weight excluding hydrogens is 444 g/mol. The van der Waals surface area contributed by atoms with E-state index in [-0.39, 0.29) is 17.7 Å². The third-order valence-corrected chi connectivity index (χ3v) is 7.23. The Morgan fingerprint density at radius 2 is 1.82 bits per heavy atom. The molecular formula is C27H36N4O2S. The summed E-state index contributed by atoms with van der Waals surface area (Å²) < 4.78 is 6.27. The molecule has 0 aromatic heterocycles. The van der Waals surface area contributed by atoms with E-state index in [1.807, 2.05) is 51.1 Å². The van der Waals surface area contributed by atoms with Crippen molar-refractivity contribution in [3.05, 3.63) is 70.8 Å². The molecule has 0 radical (unpaired) electrons. The van der Waals surface area contributed by atoms with Gasteiger partial charge in [0.25, 0.3) is 5.91 Å². The number of aryl methyl sites for hydroxylation is 2. The standard InChI is InChI=1S/C27H36N4O2S/c1-18-9-7-10-19(2)25(18)23(28)16-24(29)33-27(3,21-12-5-4-6-13-21)17-31-26(32)20-11-8-14-22(15-20)34-30/h7-11,14-16,21,29H,4-6,12-13,17,28,30H2,1-3H3,(H,31,32)/b23-16-,29-24?. The van der Waals surface area contributed by atoms with Crippen LogP contribution in [0.1, 0.15) is 66.1 Å². The Bertz CT molecular complexity index is 1040. The van der Waals surface area contributed by atoms with Gasteiger partial charge in [0.2, 0.25) is 5.90 Å². The van der Waals surface area contributed by atoms with Crippen molar-refractivity contribution < 1.29 is 9.53 Å². The number of carbonyl (C=O) groups is 1. The van der Waals surface area contributed by atoms with Gasteiger partial charge in [0.15, 0.2) is 0 Å². The van der Waals surface area contributed by atoms with Crippen molar-refractivity contribution in [3.63, 3.8) is 0 Å². The molecule has 0 aliphatic heterocycles. The van der Waals surface area contributed by atoms with E-state index in [1.54, 1.807) is 18.2 Å². The van der Waals surface area contributed by atoms with Crippen LogP contribution in [0.5, 0.6) is 0 Å². The summed E-state index contributed by atoms with van der Waals surface area (Å²) in [5.41, 5.74) is 9.77. The first kappa shape index (κ1) is 25.8. The average molecular weight is 481 g/mol. The van der Waals surface area contributed by atoms with Crippen LogP contribution in [0.3, 0.4) is 0 Å². The lowest BCUT2D eigenvalue weighted by atomic mass is 9.77. The molecule has 2 aromatic rings. The fourth-order valence-electron chi connectivity index (χ4n) is 4.81. The number of amides is 1. The number of benzene rings is 2. The van der Waals surface area contributed by atoms with Crippen LogP contribution in [0.15, 0.2) is 53.4 Å². The summed E-state index contributed by atoms with van der Waals surface area (Å²) in [6.07, 6.45) is 7.06. The Kier molecular flexibility index (Phi) is 8.80. The van der Waals surface area contributed by atoms with E-state index in [4.69, 9.17) is 21.0 Å². The summed E-state index contributed by atoms with van der Waals surface area (Å²) in [6.45, 7) is 6.31. The van der Waals surface area contributed by atoms with Crippen molar-refractivity contribution >= 4 is 29.4 Å². The lowest BCUT2D eigenvalue weighted by molar-refractivity contribution is -0.00139. The van der Waals surface area contributed by atoms with Crippen molar-refractivity contribution in [1.29, 1.82) is 5.41 Å². The maximum Gasteiger partial charge on any atom is 0.251 e. The molecule has 1 fully saturated rings. The number of hydrogen-bond acceptors (Lipinski definition) is 6. The maximum atomic E-state index is 12.9. The minimum absolute atomic E-state index is 0.00371. The Labute approximate surface area is 207 Å². The Hall–Kier alpha value is -2.77.